The van der Waals surface area contributed by atoms with Gasteiger partial charge in [0, 0.05) is 13.0 Å². The quantitative estimate of drug-likeness (QED) is 0.398. The fourth-order valence-electron chi connectivity index (χ4n) is 9.20. The Hall–Kier alpha value is -0.700. The maximum absolute atomic E-state index is 12.2. The number of aliphatic hydroxyl groups excluding tert-OH is 2. The summed E-state index contributed by atoms with van der Waals surface area (Å²) in [5, 5.41) is 24.2. The van der Waals surface area contributed by atoms with Crippen LogP contribution in [0, 0.1) is 46.3 Å². The molecule has 196 valence electrons. The van der Waals surface area contributed by atoms with Crippen LogP contribution in [0.25, 0.3) is 0 Å². The highest BCUT2D eigenvalue weighted by Crippen LogP contribution is 2.68. The lowest BCUT2D eigenvalue weighted by atomic mass is 9.44. The summed E-state index contributed by atoms with van der Waals surface area (Å²) in [6.45, 7) is 6.97. The van der Waals surface area contributed by atoms with Gasteiger partial charge in [-0.3, -0.25) is 9.35 Å². The zero-order chi connectivity index (χ0) is 24.9. The fourth-order valence-corrected chi connectivity index (χ4v) is 9.56. The predicted octanol–water partition coefficient (Wildman–Crippen LogP) is 3.40. The largest absolute Gasteiger partial charge is 0.393 e. The molecule has 0 spiro atoms. The van der Waals surface area contributed by atoms with Crippen LogP contribution in [0.1, 0.15) is 85.0 Å². The first kappa shape index (κ1) is 26.4. The first-order chi connectivity index (χ1) is 15.8. The number of nitrogens with one attached hydrogen (secondary N) is 1. The first-order valence-corrected chi connectivity index (χ1v) is 15.0. The Balaban J connectivity index is 1.39. The van der Waals surface area contributed by atoms with Crippen molar-refractivity contribution >= 4 is 16.0 Å². The number of fused-ring (bicyclic) bond motifs is 5. The van der Waals surface area contributed by atoms with Crippen molar-refractivity contribution in [1.82, 2.24) is 5.32 Å². The van der Waals surface area contributed by atoms with Crippen LogP contribution in [0.2, 0.25) is 0 Å². The summed E-state index contributed by atoms with van der Waals surface area (Å²) in [5.74, 6) is 2.11. The maximum atomic E-state index is 12.2. The summed E-state index contributed by atoms with van der Waals surface area (Å²) < 4.78 is 30.5. The predicted molar refractivity (Wildman–Crippen MR) is 130 cm³/mol. The molecular formula is C26H45NO6S. The number of carbonyl (C=O) groups is 1. The summed E-state index contributed by atoms with van der Waals surface area (Å²) in [6.07, 6.45) is 9.01. The Kier molecular flexibility index (Phi) is 7.47. The molecule has 4 saturated carbocycles. The summed E-state index contributed by atoms with van der Waals surface area (Å²) in [5.41, 5.74) is 0.367. The van der Waals surface area contributed by atoms with Crippen molar-refractivity contribution in [2.24, 2.45) is 46.3 Å². The molecule has 4 fully saturated rings. The van der Waals surface area contributed by atoms with Crippen LogP contribution in [0.4, 0.5) is 0 Å². The number of aliphatic hydroxyl groups is 2. The molecule has 0 aromatic rings. The van der Waals surface area contributed by atoms with Crippen LogP contribution in [-0.2, 0) is 14.9 Å². The van der Waals surface area contributed by atoms with E-state index in [0.717, 1.165) is 44.9 Å². The molecule has 10 atom stereocenters. The smallest absolute Gasteiger partial charge is 0.266 e. The second kappa shape index (κ2) is 9.64. The minimum Gasteiger partial charge on any atom is -0.393 e. The molecule has 34 heavy (non-hydrogen) atoms. The topological polar surface area (TPSA) is 124 Å². The average molecular weight is 500 g/mol. The summed E-state index contributed by atoms with van der Waals surface area (Å²) in [7, 11) is -4.07. The van der Waals surface area contributed by atoms with Gasteiger partial charge in [-0.15, -0.1) is 0 Å². The molecule has 0 aromatic carbocycles. The molecule has 0 bridgehead atoms. The van der Waals surface area contributed by atoms with E-state index in [-0.39, 0.29) is 35.5 Å². The standard InChI is InChI=1S/C26H45NO6S/c1-16(4-7-23(30)27-12-13-34(31,32)33)21-15-22(29)24-19-6-5-17-14-18(28)8-10-25(17,2)20(19)9-11-26(21,24)3/h16-22,24,28-29H,4-15H2,1-3H3,(H,27,30)(H,31,32,33)/t16-,17-,18-,19-,20+,21-,22+,24-,25+,26-/m1/s1. The molecule has 7 nitrogen and oxygen atoms in total. The normalized spacial score (nSPS) is 45.1. The van der Waals surface area contributed by atoms with E-state index in [9.17, 15) is 23.4 Å². The van der Waals surface area contributed by atoms with Gasteiger partial charge >= 0.3 is 0 Å². The van der Waals surface area contributed by atoms with Gasteiger partial charge in [0.15, 0.2) is 0 Å². The molecule has 4 aliphatic rings. The third-order valence-electron chi connectivity index (χ3n) is 10.9. The Morgan fingerprint density at radius 2 is 1.76 bits per heavy atom. The average Bonchev–Trinajstić information content (AvgIpc) is 3.02. The van der Waals surface area contributed by atoms with Crippen LogP contribution in [0.5, 0.6) is 0 Å². The molecule has 8 heteroatoms. The van der Waals surface area contributed by atoms with Crippen LogP contribution in [-0.4, -0.2) is 53.6 Å². The second-order valence-electron chi connectivity index (χ2n) is 12.6. The van der Waals surface area contributed by atoms with Gasteiger partial charge in [-0.1, -0.05) is 20.8 Å². The lowest BCUT2D eigenvalue weighted by molar-refractivity contribution is -0.142. The van der Waals surface area contributed by atoms with E-state index in [0.29, 0.717) is 48.3 Å². The van der Waals surface area contributed by atoms with Crippen molar-refractivity contribution in [3.05, 3.63) is 0 Å². The van der Waals surface area contributed by atoms with Gasteiger partial charge in [-0.05, 0) is 104 Å². The summed E-state index contributed by atoms with van der Waals surface area (Å²) in [4.78, 5) is 12.2. The van der Waals surface area contributed by atoms with Crippen molar-refractivity contribution in [2.45, 2.75) is 97.2 Å². The molecule has 4 rings (SSSR count). The van der Waals surface area contributed by atoms with Crippen molar-refractivity contribution in [1.29, 1.82) is 0 Å². The van der Waals surface area contributed by atoms with E-state index in [1.54, 1.807) is 0 Å². The van der Waals surface area contributed by atoms with Gasteiger partial charge in [-0.2, -0.15) is 8.42 Å². The Morgan fingerprint density at radius 1 is 1.06 bits per heavy atom. The lowest BCUT2D eigenvalue weighted by Gasteiger charge is -2.61. The number of hydrogen-bond donors (Lipinski definition) is 4. The molecule has 0 aromatic heterocycles. The van der Waals surface area contributed by atoms with Gasteiger partial charge in [0.05, 0.1) is 18.0 Å². The van der Waals surface area contributed by atoms with Crippen molar-refractivity contribution in [2.75, 3.05) is 12.3 Å². The van der Waals surface area contributed by atoms with E-state index in [1.165, 1.54) is 6.42 Å². The van der Waals surface area contributed by atoms with Crippen LogP contribution in [0.3, 0.4) is 0 Å². The fraction of sp³-hybridized carbons (Fsp3) is 0.962. The minimum absolute atomic E-state index is 0.0756. The van der Waals surface area contributed by atoms with E-state index in [1.807, 2.05) is 0 Å². The summed E-state index contributed by atoms with van der Waals surface area (Å²) in [6, 6.07) is 0. The van der Waals surface area contributed by atoms with Crippen molar-refractivity contribution in [3.63, 3.8) is 0 Å². The monoisotopic (exact) mass is 499 g/mol. The van der Waals surface area contributed by atoms with E-state index >= 15 is 0 Å². The van der Waals surface area contributed by atoms with Gasteiger partial charge < -0.3 is 15.5 Å². The number of amides is 1. The molecule has 4 N–H and O–H groups in total. The second-order valence-corrected chi connectivity index (χ2v) is 14.2. The number of hydrogen-bond acceptors (Lipinski definition) is 5. The Morgan fingerprint density at radius 3 is 2.47 bits per heavy atom. The zero-order valence-corrected chi connectivity index (χ0v) is 21.9. The highest BCUT2D eigenvalue weighted by molar-refractivity contribution is 7.85. The molecule has 0 saturated heterocycles. The number of carbonyl (C=O) groups excluding carboxylic acids is 1. The highest BCUT2D eigenvalue weighted by atomic mass is 32.2. The lowest BCUT2D eigenvalue weighted by Crippen LogP contribution is -2.55. The highest BCUT2D eigenvalue weighted by Gasteiger charge is 2.63. The molecule has 1 amide bonds. The maximum Gasteiger partial charge on any atom is 0.266 e. The van der Waals surface area contributed by atoms with Gasteiger partial charge in [0.25, 0.3) is 10.1 Å². The molecule has 0 radical (unpaired) electrons. The minimum atomic E-state index is -4.07. The third kappa shape index (κ3) is 4.94. The third-order valence-corrected chi connectivity index (χ3v) is 11.6. The molecule has 0 unspecified atom stereocenters. The Bertz CT molecular complexity index is 863. The van der Waals surface area contributed by atoms with Crippen molar-refractivity contribution in [3.8, 4) is 0 Å². The van der Waals surface area contributed by atoms with Gasteiger partial charge in [-0.25, -0.2) is 0 Å². The molecular weight excluding hydrogens is 454 g/mol. The van der Waals surface area contributed by atoms with Crippen LogP contribution in [0.15, 0.2) is 0 Å². The zero-order valence-electron chi connectivity index (χ0n) is 21.1. The van der Waals surface area contributed by atoms with E-state index in [4.69, 9.17) is 4.55 Å². The van der Waals surface area contributed by atoms with Crippen LogP contribution < -0.4 is 5.32 Å². The van der Waals surface area contributed by atoms with Gasteiger partial charge in [0.2, 0.25) is 5.91 Å². The van der Waals surface area contributed by atoms with Crippen molar-refractivity contribution < 1.29 is 28.0 Å². The SMILES string of the molecule is C[C@H](CCC(=O)NCCS(=O)(=O)O)[C@H]1C[C@H](O)[C@H]2[C@@H]3CC[C@@H]4C[C@H](O)CC[C@]4(C)[C@H]3CC[C@@]21C. The summed E-state index contributed by atoms with van der Waals surface area (Å²) >= 11 is 0. The van der Waals surface area contributed by atoms with Gasteiger partial charge in [0.1, 0.15) is 0 Å². The molecule has 4 aliphatic carbocycles. The number of rotatable bonds is 7. The Labute approximate surface area is 205 Å². The molecule has 0 aliphatic heterocycles. The molecule has 0 heterocycles. The van der Waals surface area contributed by atoms with E-state index < -0.39 is 15.9 Å². The van der Waals surface area contributed by atoms with E-state index in [2.05, 4.69) is 26.1 Å². The van der Waals surface area contributed by atoms with Crippen LogP contribution >= 0.6 is 0 Å². The first-order valence-electron chi connectivity index (χ1n) is 13.4.